The van der Waals surface area contributed by atoms with Gasteiger partial charge >= 0.3 is 0 Å². The van der Waals surface area contributed by atoms with Crippen LogP contribution >= 0.6 is 0 Å². The van der Waals surface area contributed by atoms with Crippen molar-refractivity contribution in [3.05, 3.63) is 24.6 Å². The van der Waals surface area contributed by atoms with Gasteiger partial charge in [-0.05, 0) is 50.5 Å². The number of hydrogen-bond donors (Lipinski definition) is 1. The molecule has 2 heterocycles. The molecular formula is C10H16N2. The Morgan fingerprint density at radius 2 is 1.67 bits per heavy atom. The molecule has 0 aromatic rings. The highest BCUT2D eigenvalue weighted by molar-refractivity contribution is 5.11. The summed E-state index contributed by atoms with van der Waals surface area (Å²) in [5, 5.41) is 3.07. The van der Waals surface area contributed by atoms with Gasteiger partial charge in [0.05, 0.1) is 0 Å². The Labute approximate surface area is 73.9 Å². The first-order valence-corrected chi connectivity index (χ1v) is 4.80. The molecule has 0 unspecified atom stereocenters. The van der Waals surface area contributed by atoms with Gasteiger partial charge in [0, 0.05) is 6.04 Å². The number of nitrogens with zero attached hydrogens (tertiary/aromatic N) is 1. The predicted octanol–water partition coefficient (Wildman–Crippen LogP) is 1.47. The van der Waals surface area contributed by atoms with Gasteiger partial charge in [0.15, 0.2) is 0 Å². The maximum Gasteiger partial charge on any atom is 0.0495 e. The largest absolute Gasteiger partial charge is 0.368 e. The molecule has 0 amide bonds. The zero-order valence-corrected chi connectivity index (χ0v) is 7.37. The van der Waals surface area contributed by atoms with Crippen molar-refractivity contribution in [3.63, 3.8) is 0 Å². The highest BCUT2D eigenvalue weighted by Gasteiger charge is 2.16. The average molecular weight is 164 g/mol. The van der Waals surface area contributed by atoms with E-state index in [1.54, 1.807) is 0 Å². The fourth-order valence-corrected chi connectivity index (χ4v) is 1.89. The smallest absolute Gasteiger partial charge is 0.0495 e. The van der Waals surface area contributed by atoms with Crippen LogP contribution in [0.4, 0.5) is 0 Å². The second-order valence-electron chi connectivity index (χ2n) is 3.47. The van der Waals surface area contributed by atoms with E-state index < -0.39 is 0 Å². The van der Waals surface area contributed by atoms with Crippen molar-refractivity contribution in [2.24, 2.45) is 0 Å². The van der Waals surface area contributed by atoms with Gasteiger partial charge in [-0.15, -0.1) is 0 Å². The van der Waals surface area contributed by atoms with Gasteiger partial charge in [0.2, 0.25) is 0 Å². The highest BCUT2D eigenvalue weighted by atomic mass is 15.2. The molecule has 2 nitrogen and oxygen atoms in total. The van der Waals surface area contributed by atoms with E-state index >= 15 is 0 Å². The van der Waals surface area contributed by atoms with E-state index in [0.29, 0.717) is 6.04 Å². The molecule has 0 aromatic heterocycles. The second-order valence-corrected chi connectivity index (χ2v) is 3.47. The van der Waals surface area contributed by atoms with Crippen molar-refractivity contribution >= 4 is 0 Å². The van der Waals surface area contributed by atoms with Gasteiger partial charge < -0.3 is 5.32 Å². The second kappa shape index (κ2) is 3.76. The summed E-state index contributed by atoms with van der Waals surface area (Å²) < 4.78 is 0. The topological polar surface area (TPSA) is 15.3 Å². The highest BCUT2D eigenvalue weighted by Crippen LogP contribution is 2.14. The minimum atomic E-state index is 0.548. The van der Waals surface area contributed by atoms with E-state index in [2.05, 4.69) is 22.4 Å². The number of likely N-dealkylation sites (tertiary alicyclic amines) is 1. The lowest BCUT2D eigenvalue weighted by molar-refractivity contribution is 0.214. The Morgan fingerprint density at radius 3 is 2.33 bits per heavy atom. The van der Waals surface area contributed by atoms with Crippen LogP contribution in [0, 0.1) is 0 Å². The zero-order chi connectivity index (χ0) is 8.23. The Kier molecular flexibility index (Phi) is 2.47. The normalized spacial score (nSPS) is 25.7. The predicted molar refractivity (Wildman–Crippen MR) is 50.6 cm³/mol. The van der Waals surface area contributed by atoms with E-state index in [1.165, 1.54) is 32.4 Å². The molecule has 1 fully saturated rings. The van der Waals surface area contributed by atoms with E-state index in [-0.39, 0.29) is 0 Å². The van der Waals surface area contributed by atoms with Gasteiger partial charge in [-0.25, -0.2) is 0 Å². The summed E-state index contributed by atoms with van der Waals surface area (Å²) >= 11 is 0. The maximum absolute atomic E-state index is 3.07. The van der Waals surface area contributed by atoms with Crippen LogP contribution in [0.25, 0.3) is 0 Å². The van der Waals surface area contributed by atoms with Crippen LogP contribution in [-0.2, 0) is 0 Å². The fourth-order valence-electron chi connectivity index (χ4n) is 1.89. The molecule has 0 atom stereocenters. The average Bonchev–Trinajstić information content (AvgIpc) is 2.21. The summed E-state index contributed by atoms with van der Waals surface area (Å²) in [6.07, 6.45) is 12.7. The first-order chi connectivity index (χ1) is 5.97. The summed E-state index contributed by atoms with van der Waals surface area (Å²) in [4.78, 5) is 2.54. The lowest BCUT2D eigenvalue weighted by Crippen LogP contribution is -2.38. The number of rotatable bonds is 1. The van der Waals surface area contributed by atoms with Crippen molar-refractivity contribution in [3.8, 4) is 0 Å². The van der Waals surface area contributed by atoms with Gasteiger partial charge in [0.1, 0.15) is 0 Å². The fraction of sp³-hybridized carbons (Fsp3) is 0.600. The van der Waals surface area contributed by atoms with Crippen molar-refractivity contribution in [2.75, 3.05) is 13.1 Å². The van der Waals surface area contributed by atoms with Gasteiger partial charge in [0.25, 0.3) is 0 Å². The molecule has 0 aliphatic carbocycles. The van der Waals surface area contributed by atoms with Crippen molar-refractivity contribution in [1.82, 2.24) is 10.2 Å². The Morgan fingerprint density at radius 1 is 1.00 bits per heavy atom. The van der Waals surface area contributed by atoms with E-state index in [9.17, 15) is 0 Å². The third-order valence-electron chi connectivity index (χ3n) is 2.59. The van der Waals surface area contributed by atoms with Crippen LogP contribution in [0.5, 0.6) is 0 Å². The maximum atomic E-state index is 3.07. The Hall–Kier alpha value is -0.760. The summed E-state index contributed by atoms with van der Waals surface area (Å²) in [5.41, 5.74) is 0. The van der Waals surface area contributed by atoms with Crippen LogP contribution in [0.15, 0.2) is 24.6 Å². The quantitative estimate of drug-likeness (QED) is 0.631. The minimum absolute atomic E-state index is 0.548. The van der Waals surface area contributed by atoms with Crippen molar-refractivity contribution < 1.29 is 0 Å². The van der Waals surface area contributed by atoms with Gasteiger partial charge in [-0.2, -0.15) is 0 Å². The van der Waals surface area contributed by atoms with E-state index in [1.807, 2.05) is 12.4 Å². The molecule has 1 saturated heterocycles. The summed E-state index contributed by atoms with van der Waals surface area (Å²) in [7, 11) is 0. The molecule has 2 aliphatic rings. The molecule has 66 valence electrons. The first kappa shape index (κ1) is 7.87. The number of dihydropyridines is 1. The molecule has 12 heavy (non-hydrogen) atoms. The minimum Gasteiger partial charge on any atom is -0.368 e. The molecule has 0 bridgehead atoms. The number of nitrogens with one attached hydrogen (secondary N) is 1. The molecule has 2 rings (SSSR count). The molecule has 2 heteroatoms. The standard InChI is InChI=1S/C10H16N2/c1-2-8-12(9-3-1)10-4-6-11-7-5-10/h4-7,10-11H,1-3,8-9H2. The molecular weight excluding hydrogens is 148 g/mol. The number of hydrogen-bond acceptors (Lipinski definition) is 2. The van der Waals surface area contributed by atoms with Crippen molar-refractivity contribution in [2.45, 2.75) is 25.3 Å². The number of piperidine rings is 1. The third-order valence-corrected chi connectivity index (χ3v) is 2.59. The van der Waals surface area contributed by atoms with Gasteiger partial charge in [-0.3, -0.25) is 4.90 Å². The summed E-state index contributed by atoms with van der Waals surface area (Å²) in [6.45, 7) is 2.53. The van der Waals surface area contributed by atoms with Crippen LogP contribution in [-0.4, -0.2) is 24.0 Å². The summed E-state index contributed by atoms with van der Waals surface area (Å²) in [6, 6.07) is 0.548. The van der Waals surface area contributed by atoms with E-state index in [4.69, 9.17) is 0 Å². The molecule has 0 radical (unpaired) electrons. The lowest BCUT2D eigenvalue weighted by Gasteiger charge is -2.31. The van der Waals surface area contributed by atoms with Gasteiger partial charge in [-0.1, -0.05) is 6.42 Å². The van der Waals surface area contributed by atoms with Crippen LogP contribution in [0.1, 0.15) is 19.3 Å². The SMILES string of the molecule is C1=CC(N2CCCCC2)C=CN1. The van der Waals surface area contributed by atoms with Crippen LogP contribution in [0.3, 0.4) is 0 Å². The van der Waals surface area contributed by atoms with E-state index in [0.717, 1.165) is 0 Å². The Balaban J connectivity index is 1.93. The first-order valence-electron chi connectivity index (χ1n) is 4.80. The molecule has 0 spiro atoms. The Bertz CT molecular complexity index is 178. The molecule has 2 aliphatic heterocycles. The molecule has 1 N–H and O–H groups in total. The van der Waals surface area contributed by atoms with Crippen LogP contribution < -0.4 is 5.32 Å². The van der Waals surface area contributed by atoms with Crippen LogP contribution in [0.2, 0.25) is 0 Å². The third kappa shape index (κ3) is 1.69. The zero-order valence-electron chi connectivity index (χ0n) is 7.37. The lowest BCUT2D eigenvalue weighted by atomic mass is 10.1. The molecule has 0 aromatic carbocycles. The summed E-state index contributed by atoms with van der Waals surface area (Å²) in [5.74, 6) is 0. The monoisotopic (exact) mass is 164 g/mol. The molecule has 0 saturated carbocycles. The van der Waals surface area contributed by atoms with Crippen molar-refractivity contribution in [1.29, 1.82) is 0 Å².